The van der Waals surface area contributed by atoms with Gasteiger partial charge in [-0.05, 0) is 18.6 Å². The van der Waals surface area contributed by atoms with Crippen molar-refractivity contribution in [3.8, 4) is 5.75 Å². The zero-order valence-electron chi connectivity index (χ0n) is 8.27. The molecule has 0 saturated heterocycles. The van der Waals surface area contributed by atoms with Crippen LogP contribution in [0.4, 0.5) is 0 Å². The van der Waals surface area contributed by atoms with Crippen LogP contribution in [0.5, 0.6) is 5.75 Å². The molecule has 0 unspecified atom stereocenters. The third-order valence-corrected chi connectivity index (χ3v) is 2.73. The van der Waals surface area contributed by atoms with Crippen LogP contribution < -0.4 is 4.74 Å². The van der Waals surface area contributed by atoms with Crippen molar-refractivity contribution < 1.29 is 4.74 Å². The first kappa shape index (κ1) is 12.9. The lowest BCUT2D eigenvalue weighted by atomic mass is 10.2. The predicted octanol–water partition coefficient (Wildman–Crippen LogP) is 4.80. The Labute approximate surface area is 108 Å². The molecular weight excluding hydrogens is 299 g/mol. The van der Waals surface area contributed by atoms with E-state index in [0.717, 1.165) is 10.9 Å². The van der Waals surface area contributed by atoms with Crippen molar-refractivity contribution in [3.63, 3.8) is 0 Å². The molecule has 0 saturated carbocycles. The molecule has 1 nitrogen and oxygen atoms in total. The highest BCUT2D eigenvalue weighted by Gasteiger charge is 2.05. The average Bonchev–Trinajstić information content (AvgIpc) is 2.21. The molecule has 4 heteroatoms. The van der Waals surface area contributed by atoms with Crippen LogP contribution in [0.2, 0.25) is 10.0 Å². The van der Waals surface area contributed by atoms with E-state index in [1.165, 1.54) is 0 Å². The fraction of sp³-hybridized carbons (Fsp3) is 0.273. The summed E-state index contributed by atoms with van der Waals surface area (Å²) < 4.78 is 5.33. The molecule has 1 aromatic carbocycles. The molecule has 0 bridgehead atoms. The SMILES string of the molecule is CCOc1cc(Cl)c(/C=C/CBr)cc1Cl. The Morgan fingerprint density at radius 3 is 2.67 bits per heavy atom. The van der Waals surface area contributed by atoms with E-state index in [2.05, 4.69) is 15.9 Å². The van der Waals surface area contributed by atoms with E-state index in [9.17, 15) is 0 Å². The third-order valence-electron chi connectivity index (χ3n) is 1.74. The molecule has 0 fully saturated rings. The fourth-order valence-electron chi connectivity index (χ4n) is 1.11. The Morgan fingerprint density at radius 2 is 2.07 bits per heavy atom. The predicted molar refractivity (Wildman–Crippen MR) is 70.5 cm³/mol. The molecule has 0 aromatic heterocycles. The fourth-order valence-corrected chi connectivity index (χ4v) is 1.74. The zero-order chi connectivity index (χ0) is 11.3. The molecular formula is C11H11BrCl2O. The van der Waals surface area contributed by atoms with Crippen molar-refractivity contribution in [1.29, 1.82) is 0 Å². The Kier molecular flexibility index (Phi) is 5.51. The first-order chi connectivity index (χ1) is 7.19. The molecule has 0 amide bonds. The first-order valence-electron chi connectivity index (χ1n) is 4.53. The van der Waals surface area contributed by atoms with E-state index in [4.69, 9.17) is 27.9 Å². The quantitative estimate of drug-likeness (QED) is 0.726. The van der Waals surface area contributed by atoms with Crippen LogP contribution in [0.25, 0.3) is 6.08 Å². The Bertz CT molecular complexity index is 364. The van der Waals surface area contributed by atoms with Gasteiger partial charge in [0.2, 0.25) is 0 Å². The van der Waals surface area contributed by atoms with Crippen LogP contribution in [-0.2, 0) is 0 Å². The minimum atomic E-state index is 0.576. The summed E-state index contributed by atoms with van der Waals surface area (Å²) in [4.78, 5) is 0. The number of halogens is 3. The number of allylic oxidation sites excluding steroid dienone is 1. The van der Waals surface area contributed by atoms with Crippen LogP contribution >= 0.6 is 39.1 Å². The van der Waals surface area contributed by atoms with E-state index in [1.54, 1.807) is 12.1 Å². The lowest BCUT2D eigenvalue weighted by Crippen LogP contribution is -1.92. The van der Waals surface area contributed by atoms with E-state index >= 15 is 0 Å². The zero-order valence-corrected chi connectivity index (χ0v) is 11.4. The Morgan fingerprint density at radius 1 is 1.33 bits per heavy atom. The van der Waals surface area contributed by atoms with Crippen molar-refractivity contribution >= 4 is 45.2 Å². The summed E-state index contributed by atoms with van der Waals surface area (Å²) in [5, 5.41) is 2.00. The lowest BCUT2D eigenvalue weighted by Gasteiger charge is -2.07. The van der Waals surface area contributed by atoms with Crippen LogP contribution in [0.1, 0.15) is 12.5 Å². The molecule has 0 N–H and O–H groups in total. The number of alkyl halides is 1. The molecule has 0 atom stereocenters. The van der Waals surface area contributed by atoms with Gasteiger partial charge in [-0.25, -0.2) is 0 Å². The number of benzene rings is 1. The number of hydrogen-bond donors (Lipinski definition) is 0. The largest absolute Gasteiger partial charge is 0.492 e. The molecule has 15 heavy (non-hydrogen) atoms. The van der Waals surface area contributed by atoms with Crippen LogP contribution in [-0.4, -0.2) is 11.9 Å². The van der Waals surface area contributed by atoms with Crippen LogP contribution in [0.3, 0.4) is 0 Å². The summed E-state index contributed by atoms with van der Waals surface area (Å²) in [6.45, 7) is 2.48. The van der Waals surface area contributed by atoms with Crippen molar-refractivity contribution in [2.24, 2.45) is 0 Å². The van der Waals surface area contributed by atoms with E-state index in [0.29, 0.717) is 22.4 Å². The molecule has 1 rings (SSSR count). The Hall–Kier alpha value is -0.180. The maximum Gasteiger partial charge on any atom is 0.139 e. The maximum absolute atomic E-state index is 6.07. The molecule has 0 spiro atoms. The standard InChI is InChI=1S/C11H11BrCl2O/c1-2-15-11-7-9(13)8(4-3-5-12)6-10(11)14/h3-4,6-7H,2,5H2,1H3/b4-3+. The smallest absolute Gasteiger partial charge is 0.139 e. The monoisotopic (exact) mass is 308 g/mol. The number of ether oxygens (including phenoxy) is 1. The summed E-state index contributed by atoms with van der Waals surface area (Å²) in [6.07, 6.45) is 3.87. The molecule has 1 aromatic rings. The molecule has 0 aliphatic heterocycles. The van der Waals surface area contributed by atoms with Gasteiger partial charge in [-0.3, -0.25) is 0 Å². The van der Waals surface area contributed by atoms with Crippen molar-refractivity contribution in [2.45, 2.75) is 6.92 Å². The van der Waals surface area contributed by atoms with Gasteiger partial charge in [0.25, 0.3) is 0 Å². The van der Waals surface area contributed by atoms with Gasteiger partial charge in [0.15, 0.2) is 0 Å². The van der Waals surface area contributed by atoms with Gasteiger partial charge in [0, 0.05) is 11.4 Å². The topological polar surface area (TPSA) is 9.23 Å². The van der Waals surface area contributed by atoms with Crippen LogP contribution in [0, 0.1) is 0 Å². The second-order valence-electron chi connectivity index (χ2n) is 2.79. The summed E-state index contributed by atoms with van der Waals surface area (Å²) in [7, 11) is 0. The number of rotatable bonds is 4. The molecule has 82 valence electrons. The van der Waals surface area contributed by atoms with Gasteiger partial charge in [0.05, 0.1) is 16.7 Å². The van der Waals surface area contributed by atoms with Gasteiger partial charge >= 0.3 is 0 Å². The third kappa shape index (κ3) is 3.71. The molecule has 0 radical (unpaired) electrons. The van der Waals surface area contributed by atoms with E-state index in [-0.39, 0.29) is 0 Å². The summed E-state index contributed by atoms with van der Waals surface area (Å²) in [5.74, 6) is 0.625. The van der Waals surface area contributed by atoms with Crippen molar-refractivity contribution in [3.05, 3.63) is 33.8 Å². The second-order valence-corrected chi connectivity index (χ2v) is 4.26. The van der Waals surface area contributed by atoms with Crippen molar-refractivity contribution in [2.75, 3.05) is 11.9 Å². The molecule has 0 aliphatic rings. The van der Waals surface area contributed by atoms with Gasteiger partial charge in [0.1, 0.15) is 5.75 Å². The minimum Gasteiger partial charge on any atom is -0.492 e. The highest BCUT2D eigenvalue weighted by Crippen LogP contribution is 2.31. The first-order valence-corrected chi connectivity index (χ1v) is 6.41. The highest BCUT2D eigenvalue weighted by atomic mass is 79.9. The molecule has 0 heterocycles. The number of hydrogen-bond acceptors (Lipinski definition) is 1. The second kappa shape index (κ2) is 6.41. The van der Waals surface area contributed by atoms with Crippen LogP contribution in [0.15, 0.2) is 18.2 Å². The molecule has 0 aliphatic carbocycles. The summed E-state index contributed by atoms with van der Waals surface area (Å²) >= 11 is 15.4. The highest BCUT2D eigenvalue weighted by molar-refractivity contribution is 9.09. The Balaban J connectivity index is 3.02. The minimum absolute atomic E-state index is 0.576. The van der Waals surface area contributed by atoms with Gasteiger partial charge in [-0.2, -0.15) is 0 Å². The van der Waals surface area contributed by atoms with E-state index in [1.807, 2.05) is 19.1 Å². The average molecular weight is 310 g/mol. The van der Waals surface area contributed by atoms with E-state index < -0.39 is 0 Å². The van der Waals surface area contributed by atoms with Crippen molar-refractivity contribution in [1.82, 2.24) is 0 Å². The lowest BCUT2D eigenvalue weighted by molar-refractivity contribution is 0.340. The normalized spacial score (nSPS) is 10.9. The summed E-state index contributed by atoms with van der Waals surface area (Å²) in [5.41, 5.74) is 0.893. The maximum atomic E-state index is 6.07. The van der Waals surface area contributed by atoms with Gasteiger partial charge in [-0.15, -0.1) is 0 Å². The van der Waals surface area contributed by atoms with Gasteiger partial charge in [-0.1, -0.05) is 51.3 Å². The summed E-state index contributed by atoms with van der Waals surface area (Å²) in [6, 6.07) is 3.54. The van der Waals surface area contributed by atoms with Gasteiger partial charge < -0.3 is 4.74 Å².